The number of nitrogens with two attached hydrogens (primary N) is 1. The molecule has 0 aromatic carbocycles. The van der Waals surface area contributed by atoms with Gasteiger partial charge in [0.15, 0.2) is 0 Å². The molecule has 0 aliphatic carbocycles. The number of anilines is 2. The SMILES string of the molecule is CC1(C)CN(c2nccc(N)n2)C1. The van der Waals surface area contributed by atoms with E-state index in [1.165, 1.54) is 0 Å². The second kappa shape index (κ2) is 2.58. The number of nitrogen functional groups attached to an aromatic ring is 1. The summed E-state index contributed by atoms with van der Waals surface area (Å²) >= 11 is 0. The van der Waals surface area contributed by atoms with Gasteiger partial charge in [0.05, 0.1) is 0 Å². The summed E-state index contributed by atoms with van der Waals surface area (Å²) in [5, 5.41) is 0. The number of hydrogen-bond donors (Lipinski definition) is 1. The summed E-state index contributed by atoms with van der Waals surface area (Å²) in [6.45, 7) is 6.48. The van der Waals surface area contributed by atoms with E-state index < -0.39 is 0 Å². The van der Waals surface area contributed by atoms with Crippen LogP contribution in [0.15, 0.2) is 12.3 Å². The molecule has 2 rings (SSSR count). The molecule has 1 fully saturated rings. The minimum absolute atomic E-state index is 0.397. The van der Waals surface area contributed by atoms with E-state index >= 15 is 0 Å². The lowest BCUT2D eigenvalue weighted by molar-refractivity contribution is 0.272. The van der Waals surface area contributed by atoms with Crippen molar-refractivity contribution >= 4 is 11.8 Å². The number of hydrogen-bond acceptors (Lipinski definition) is 4. The molecule has 1 saturated heterocycles. The van der Waals surface area contributed by atoms with Crippen LogP contribution in [0.5, 0.6) is 0 Å². The number of rotatable bonds is 1. The lowest BCUT2D eigenvalue weighted by Gasteiger charge is -2.45. The fourth-order valence-corrected chi connectivity index (χ4v) is 1.64. The van der Waals surface area contributed by atoms with E-state index in [0.29, 0.717) is 11.2 Å². The Labute approximate surface area is 77.8 Å². The molecule has 0 radical (unpaired) electrons. The van der Waals surface area contributed by atoms with Crippen molar-refractivity contribution in [3.63, 3.8) is 0 Å². The van der Waals surface area contributed by atoms with Crippen LogP contribution >= 0.6 is 0 Å². The van der Waals surface area contributed by atoms with E-state index in [1.54, 1.807) is 12.3 Å². The van der Waals surface area contributed by atoms with Gasteiger partial charge < -0.3 is 10.6 Å². The van der Waals surface area contributed by atoms with E-state index in [0.717, 1.165) is 19.0 Å². The molecule has 1 aromatic heterocycles. The Kier molecular flexibility index (Phi) is 1.65. The first-order chi connectivity index (χ1) is 6.07. The Morgan fingerprint density at radius 3 is 2.69 bits per heavy atom. The molecular formula is C9H14N4. The first-order valence-electron chi connectivity index (χ1n) is 4.40. The molecule has 0 atom stereocenters. The number of aromatic nitrogens is 2. The van der Waals surface area contributed by atoms with Crippen LogP contribution in [0.1, 0.15) is 13.8 Å². The third-order valence-electron chi connectivity index (χ3n) is 2.19. The van der Waals surface area contributed by atoms with Crippen molar-refractivity contribution < 1.29 is 0 Å². The van der Waals surface area contributed by atoms with Crippen LogP contribution in [0.4, 0.5) is 11.8 Å². The Bertz CT molecular complexity index is 313. The highest BCUT2D eigenvalue weighted by molar-refractivity contribution is 5.40. The Balaban J connectivity index is 2.11. The third kappa shape index (κ3) is 1.56. The molecule has 2 heterocycles. The zero-order chi connectivity index (χ0) is 9.47. The number of nitrogens with zero attached hydrogens (tertiary/aromatic N) is 3. The fraction of sp³-hybridized carbons (Fsp3) is 0.556. The van der Waals surface area contributed by atoms with Crippen LogP contribution < -0.4 is 10.6 Å². The summed E-state index contributed by atoms with van der Waals surface area (Å²) in [5.41, 5.74) is 5.96. The van der Waals surface area contributed by atoms with Gasteiger partial charge in [-0.25, -0.2) is 4.98 Å². The standard InChI is InChI=1S/C9H14N4/c1-9(2)5-13(6-9)8-11-4-3-7(10)12-8/h3-4H,5-6H2,1-2H3,(H2,10,11,12). The van der Waals surface area contributed by atoms with Crippen molar-refractivity contribution in [2.45, 2.75) is 13.8 Å². The average Bonchev–Trinajstić information content (AvgIpc) is 2.00. The highest BCUT2D eigenvalue weighted by Gasteiger charge is 2.35. The van der Waals surface area contributed by atoms with Gasteiger partial charge in [-0.3, -0.25) is 0 Å². The highest BCUT2D eigenvalue weighted by atomic mass is 15.3. The fourth-order valence-electron chi connectivity index (χ4n) is 1.64. The Hall–Kier alpha value is -1.32. The second-order valence-electron chi connectivity index (χ2n) is 4.30. The minimum atomic E-state index is 0.397. The largest absolute Gasteiger partial charge is 0.384 e. The van der Waals surface area contributed by atoms with Crippen LogP contribution in [-0.4, -0.2) is 23.1 Å². The molecule has 0 spiro atoms. The maximum Gasteiger partial charge on any atom is 0.227 e. The molecule has 13 heavy (non-hydrogen) atoms. The molecule has 0 amide bonds. The van der Waals surface area contributed by atoms with Crippen molar-refractivity contribution in [2.75, 3.05) is 23.7 Å². The summed E-state index contributed by atoms with van der Waals surface area (Å²) in [4.78, 5) is 10.5. The third-order valence-corrected chi connectivity index (χ3v) is 2.19. The van der Waals surface area contributed by atoms with Gasteiger partial charge in [0.1, 0.15) is 5.82 Å². The summed E-state index contributed by atoms with van der Waals surface area (Å²) in [6, 6.07) is 1.70. The van der Waals surface area contributed by atoms with Crippen molar-refractivity contribution in [1.82, 2.24) is 9.97 Å². The van der Waals surface area contributed by atoms with Crippen LogP contribution in [0.2, 0.25) is 0 Å². The first-order valence-corrected chi connectivity index (χ1v) is 4.40. The van der Waals surface area contributed by atoms with Gasteiger partial charge in [-0.2, -0.15) is 4.98 Å². The second-order valence-corrected chi connectivity index (χ2v) is 4.30. The van der Waals surface area contributed by atoms with Gasteiger partial charge in [0, 0.05) is 19.3 Å². The maximum absolute atomic E-state index is 5.57. The maximum atomic E-state index is 5.57. The van der Waals surface area contributed by atoms with E-state index in [9.17, 15) is 0 Å². The van der Waals surface area contributed by atoms with Gasteiger partial charge in [0.25, 0.3) is 0 Å². The highest BCUT2D eigenvalue weighted by Crippen LogP contribution is 2.31. The molecule has 0 saturated carbocycles. The molecule has 0 bridgehead atoms. The topological polar surface area (TPSA) is 55.0 Å². The van der Waals surface area contributed by atoms with E-state index in [2.05, 4.69) is 28.7 Å². The summed E-state index contributed by atoms with van der Waals surface area (Å²) < 4.78 is 0. The van der Waals surface area contributed by atoms with Crippen LogP contribution in [0.3, 0.4) is 0 Å². The summed E-state index contributed by atoms with van der Waals surface area (Å²) in [6.07, 6.45) is 1.70. The van der Waals surface area contributed by atoms with Crippen molar-refractivity contribution in [3.05, 3.63) is 12.3 Å². The van der Waals surface area contributed by atoms with Gasteiger partial charge in [-0.1, -0.05) is 13.8 Å². The molecule has 1 aliphatic rings. The molecule has 4 heteroatoms. The van der Waals surface area contributed by atoms with E-state index in [4.69, 9.17) is 5.73 Å². The minimum Gasteiger partial charge on any atom is -0.384 e. The molecule has 4 nitrogen and oxygen atoms in total. The zero-order valence-corrected chi connectivity index (χ0v) is 7.99. The normalized spacial score (nSPS) is 19.7. The van der Waals surface area contributed by atoms with Gasteiger partial charge >= 0.3 is 0 Å². The quantitative estimate of drug-likeness (QED) is 0.694. The van der Waals surface area contributed by atoms with Crippen molar-refractivity contribution in [3.8, 4) is 0 Å². The molecule has 1 aliphatic heterocycles. The lowest BCUT2D eigenvalue weighted by Crippen LogP contribution is -2.53. The molecule has 1 aromatic rings. The van der Waals surface area contributed by atoms with Crippen molar-refractivity contribution in [2.24, 2.45) is 5.41 Å². The predicted molar refractivity (Wildman–Crippen MR) is 52.4 cm³/mol. The molecule has 70 valence electrons. The average molecular weight is 178 g/mol. The Morgan fingerprint density at radius 1 is 1.46 bits per heavy atom. The molecule has 2 N–H and O–H groups in total. The van der Waals surface area contributed by atoms with E-state index in [1.807, 2.05) is 0 Å². The summed E-state index contributed by atoms with van der Waals surface area (Å²) in [5.74, 6) is 1.29. The van der Waals surface area contributed by atoms with Crippen LogP contribution in [0.25, 0.3) is 0 Å². The first kappa shape index (κ1) is 8.29. The van der Waals surface area contributed by atoms with Crippen molar-refractivity contribution in [1.29, 1.82) is 0 Å². The molecular weight excluding hydrogens is 164 g/mol. The van der Waals surface area contributed by atoms with Gasteiger partial charge in [0.2, 0.25) is 5.95 Å². The Morgan fingerprint density at radius 2 is 2.15 bits per heavy atom. The molecule has 0 unspecified atom stereocenters. The predicted octanol–water partition coefficient (Wildman–Crippen LogP) is 0.905. The lowest BCUT2D eigenvalue weighted by atomic mass is 9.85. The zero-order valence-electron chi connectivity index (χ0n) is 7.99. The van der Waals surface area contributed by atoms with Crippen LogP contribution in [-0.2, 0) is 0 Å². The van der Waals surface area contributed by atoms with Gasteiger partial charge in [-0.15, -0.1) is 0 Å². The van der Waals surface area contributed by atoms with E-state index in [-0.39, 0.29) is 0 Å². The van der Waals surface area contributed by atoms with Crippen LogP contribution in [0, 0.1) is 5.41 Å². The monoisotopic (exact) mass is 178 g/mol. The summed E-state index contributed by atoms with van der Waals surface area (Å²) in [7, 11) is 0. The smallest absolute Gasteiger partial charge is 0.227 e. The van der Waals surface area contributed by atoms with Gasteiger partial charge in [-0.05, 0) is 11.5 Å².